The number of aromatic nitrogens is 1. The molecular weight excluding hydrogens is 395 g/mol. The Morgan fingerprint density at radius 2 is 1.92 bits per heavy atom. The molecule has 2 heterocycles. The molecular formula is C18H14Cl2N2O3S. The summed E-state index contributed by atoms with van der Waals surface area (Å²) in [4.78, 5) is 16.9. The summed E-state index contributed by atoms with van der Waals surface area (Å²) in [6.45, 7) is 0.357. The van der Waals surface area contributed by atoms with Crippen LogP contribution >= 0.6 is 34.5 Å². The fourth-order valence-corrected chi connectivity index (χ4v) is 3.30. The predicted molar refractivity (Wildman–Crippen MR) is 104 cm³/mol. The highest BCUT2D eigenvalue weighted by Gasteiger charge is 2.13. The summed E-state index contributed by atoms with van der Waals surface area (Å²) in [7, 11) is 1.61. The molecule has 5 nitrogen and oxygen atoms in total. The zero-order chi connectivity index (χ0) is 18.5. The molecule has 0 radical (unpaired) electrons. The van der Waals surface area contributed by atoms with Gasteiger partial charge in [-0.05, 0) is 41.8 Å². The molecule has 1 N–H and O–H groups in total. The van der Waals surface area contributed by atoms with Crippen molar-refractivity contribution in [2.24, 2.45) is 0 Å². The first-order chi connectivity index (χ1) is 12.5. The van der Waals surface area contributed by atoms with Gasteiger partial charge in [-0.3, -0.25) is 4.79 Å². The molecule has 0 aliphatic heterocycles. The molecule has 0 fully saturated rings. The first kappa shape index (κ1) is 18.5. The Hall–Kier alpha value is -2.28. The number of benzene rings is 1. The molecule has 8 heteroatoms. The van der Waals surface area contributed by atoms with Crippen molar-refractivity contribution in [3.8, 4) is 11.5 Å². The molecule has 26 heavy (non-hydrogen) atoms. The van der Waals surface area contributed by atoms with Crippen molar-refractivity contribution in [1.29, 1.82) is 0 Å². The van der Waals surface area contributed by atoms with Crippen LogP contribution in [0.1, 0.15) is 15.2 Å². The van der Waals surface area contributed by atoms with Crippen LogP contribution in [0.25, 0.3) is 0 Å². The van der Waals surface area contributed by atoms with E-state index >= 15 is 0 Å². The average Bonchev–Trinajstić information content (AvgIpc) is 3.12. The smallest absolute Gasteiger partial charge is 0.266 e. The number of ether oxygens (including phenoxy) is 2. The number of methoxy groups -OCH3 is 1. The van der Waals surface area contributed by atoms with Crippen LogP contribution in [0.2, 0.25) is 10.0 Å². The van der Waals surface area contributed by atoms with E-state index in [9.17, 15) is 4.79 Å². The van der Waals surface area contributed by atoms with E-state index in [-0.39, 0.29) is 16.7 Å². The summed E-state index contributed by atoms with van der Waals surface area (Å²) in [5.74, 6) is 1.47. The van der Waals surface area contributed by atoms with Gasteiger partial charge in [0.2, 0.25) is 0 Å². The van der Waals surface area contributed by atoms with Crippen molar-refractivity contribution in [1.82, 2.24) is 4.98 Å². The molecule has 2 aromatic heterocycles. The highest BCUT2D eigenvalue weighted by Crippen LogP contribution is 2.25. The summed E-state index contributed by atoms with van der Waals surface area (Å²) >= 11 is 13.1. The lowest BCUT2D eigenvalue weighted by Crippen LogP contribution is -2.11. The number of hydrogen-bond donors (Lipinski definition) is 1. The highest BCUT2D eigenvalue weighted by atomic mass is 35.5. The SMILES string of the molecule is COc1ccc(OCc2csc(C(=O)Nc3ncc(Cl)cc3Cl)c2)cc1. The minimum absolute atomic E-state index is 0.269. The fraction of sp³-hybridized carbons (Fsp3) is 0.111. The van der Waals surface area contributed by atoms with Gasteiger partial charge in [0, 0.05) is 11.8 Å². The van der Waals surface area contributed by atoms with Crippen molar-refractivity contribution in [2.45, 2.75) is 6.61 Å². The van der Waals surface area contributed by atoms with Gasteiger partial charge in [-0.2, -0.15) is 0 Å². The van der Waals surface area contributed by atoms with Gasteiger partial charge < -0.3 is 14.8 Å². The van der Waals surface area contributed by atoms with E-state index in [0.29, 0.717) is 16.5 Å². The largest absolute Gasteiger partial charge is 0.497 e. The number of nitrogens with zero attached hydrogens (tertiary/aromatic N) is 1. The summed E-state index contributed by atoms with van der Waals surface area (Å²) in [5, 5.41) is 5.23. The second-order valence-electron chi connectivity index (χ2n) is 5.22. The Labute approximate surface area is 164 Å². The molecule has 0 saturated carbocycles. The number of amides is 1. The van der Waals surface area contributed by atoms with Crippen molar-refractivity contribution < 1.29 is 14.3 Å². The molecule has 3 aromatic rings. The number of thiophene rings is 1. The maximum absolute atomic E-state index is 12.3. The Bertz CT molecular complexity index is 913. The first-order valence-electron chi connectivity index (χ1n) is 7.52. The van der Waals surface area contributed by atoms with Crippen molar-refractivity contribution >= 4 is 46.3 Å². The number of carbonyl (C=O) groups is 1. The molecule has 134 valence electrons. The Kier molecular flexibility index (Phi) is 5.98. The molecule has 0 aliphatic rings. The van der Waals surface area contributed by atoms with Gasteiger partial charge >= 0.3 is 0 Å². The van der Waals surface area contributed by atoms with E-state index in [4.69, 9.17) is 32.7 Å². The molecule has 0 spiro atoms. The zero-order valence-corrected chi connectivity index (χ0v) is 16.0. The predicted octanol–water partition coefficient (Wildman–Crippen LogP) is 5.29. The number of carbonyl (C=O) groups excluding carboxylic acids is 1. The Morgan fingerprint density at radius 3 is 2.62 bits per heavy atom. The minimum Gasteiger partial charge on any atom is -0.497 e. The molecule has 0 unspecified atom stereocenters. The quantitative estimate of drug-likeness (QED) is 0.601. The topological polar surface area (TPSA) is 60.5 Å². The number of anilines is 1. The maximum Gasteiger partial charge on any atom is 0.266 e. The maximum atomic E-state index is 12.3. The lowest BCUT2D eigenvalue weighted by atomic mass is 10.3. The van der Waals surface area contributed by atoms with Gasteiger partial charge in [0.1, 0.15) is 18.1 Å². The summed E-state index contributed by atoms with van der Waals surface area (Å²) in [6.07, 6.45) is 1.42. The van der Waals surface area contributed by atoms with E-state index in [1.807, 2.05) is 29.6 Å². The van der Waals surface area contributed by atoms with Crippen LogP contribution < -0.4 is 14.8 Å². The van der Waals surface area contributed by atoms with Crippen molar-refractivity contribution in [3.05, 3.63) is 68.5 Å². The molecule has 0 saturated heterocycles. The lowest BCUT2D eigenvalue weighted by molar-refractivity contribution is 0.103. The molecule has 1 amide bonds. The van der Waals surface area contributed by atoms with Gasteiger partial charge in [0.05, 0.1) is 22.0 Å². The Morgan fingerprint density at radius 1 is 1.19 bits per heavy atom. The standard InChI is InChI=1S/C18H14Cl2N2O3S/c1-24-13-2-4-14(5-3-13)25-9-11-6-16(26-10-11)18(23)22-17-15(20)7-12(19)8-21-17/h2-8,10H,9H2,1H3,(H,21,22,23). The lowest BCUT2D eigenvalue weighted by Gasteiger charge is -2.06. The number of nitrogens with one attached hydrogen (secondary N) is 1. The fourth-order valence-electron chi connectivity index (χ4n) is 2.08. The van der Waals surface area contributed by atoms with Gasteiger partial charge in [0.25, 0.3) is 5.91 Å². The molecule has 1 aromatic carbocycles. The van der Waals surface area contributed by atoms with Crippen molar-refractivity contribution in [2.75, 3.05) is 12.4 Å². The van der Waals surface area contributed by atoms with Gasteiger partial charge in [-0.25, -0.2) is 4.98 Å². The Balaban J connectivity index is 1.60. The molecule has 0 atom stereocenters. The van der Waals surface area contributed by atoms with Crippen LogP contribution in [0.5, 0.6) is 11.5 Å². The van der Waals surface area contributed by atoms with Gasteiger partial charge in [0.15, 0.2) is 5.82 Å². The zero-order valence-electron chi connectivity index (χ0n) is 13.7. The van der Waals surface area contributed by atoms with Crippen LogP contribution in [-0.4, -0.2) is 18.0 Å². The molecule has 0 aliphatic carbocycles. The van der Waals surface area contributed by atoms with Crippen LogP contribution in [0, 0.1) is 0 Å². The third-order valence-electron chi connectivity index (χ3n) is 3.38. The number of pyridine rings is 1. The molecule has 0 bridgehead atoms. The van der Waals surface area contributed by atoms with Crippen LogP contribution in [-0.2, 0) is 6.61 Å². The monoisotopic (exact) mass is 408 g/mol. The van der Waals surface area contributed by atoms with Gasteiger partial charge in [-0.1, -0.05) is 23.2 Å². The highest BCUT2D eigenvalue weighted by molar-refractivity contribution is 7.12. The van der Waals surface area contributed by atoms with E-state index in [2.05, 4.69) is 10.3 Å². The summed E-state index contributed by atoms with van der Waals surface area (Å²) in [5.41, 5.74) is 0.895. The minimum atomic E-state index is -0.289. The van der Waals surface area contributed by atoms with E-state index in [1.54, 1.807) is 13.2 Å². The number of hydrogen-bond acceptors (Lipinski definition) is 5. The third-order valence-corrected chi connectivity index (χ3v) is 4.85. The van der Waals surface area contributed by atoms with Crippen molar-refractivity contribution in [3.63, 3.8) is 0 Å². The second kappa shape index (κ2) is 8.40. The normalized spacial score (nSPS) is 10.4. The summed E-state index contributed by atoms with van der Waals surface area (Å²) < 4.78 is 10.8. The second-order valence-corrected chi connectivity index (χ2v) is 6.98. The van der Waals surface area contributed by atoms with E-state index < -0.39 is 0 Å². The number of halogens is 2. The third kappa shape index (κ3) is 4.66. The van der Waals surface area contributed by atoms with Crippen LogP contribution in [0.4, 0.5) is 5.82 Å². The van der Waals surface area contributed by atoms with E-state index in [1.165, 1.54) is 23.6 Å². The first-order valence-corrected chi connectivity index (χ1v) is 9.15. The van der Waals surface area contributed by atoms with Gasteiger partial charge in [-0.15, -0.1) is 11.3 Å². The van der Waals surface area contributed by atoms with E-state index in [0.717, 1.165) is 17.1 Å². The van der Waals surface area contributed by atoms with Crippen LogP contribution in [0.3, 0.4) is 0 Å². The number of rotatable bonds is 6. The van der Waals surface area contributed by atoms with Crippen LogP contribution in [0.15, 0.2) is 48.0 Å². The summed E-state index contributed by atoms with van der Waals surface area (Å²) in [6, 6.07) is 10.6. The average molecular weight is 409 g/mol. The molecule has 3 rings (SSSR count).